The van der Waals surface area contributed by atoms with Gasteiger partial charge in [-0.25, -0.2) is 0 Å². The quantitative estimate of drug-likeness (QED) is 0.636. The molecular formula is C16H17N. The Morgan fingerprint density at radius 2 is 1.82 bits per heavy atom. The van der Waals surface area contributed by atoms with E-state index >= 15 is 0 Å². The molecular weight excluding hydrogens is 206 g/mol. The van der Waals surface area contributed by atoms with E-state index in [1.807, 2.05) is 0 Å². The zero-order valence-electron chi connectivity index (χ0n) is 10.6. The van der Waals surface area contributed by atoms with Crippen molar-refractivity contribution in [1.29, 1.82) is 0 Å². The maximum Gasteiger partial charge on any atom is 0.0618 e. The summed E-state index contributed by atoms with van der Waals surface area (Å²) in [6, 6.07) is 13.0. The number of fused-ring (bicyclic) bond motifs is 3. The molecule has 1 nitrogen and oxygen atoms in total. The van der Waals surface area contributed by atoms with Gasteiger partial charge in [-0.1, -0.05) is 43.3 Å². The van der Waals surface area contributed by atoms with Gasteiger partial charge in [-0.05, 0) is 30.2 Å². The van der Waals surface area contributed by atoms with Crippen molar-refractivity contribution in [3.63, 3.8) is 0 Å². The Balaban J connectivity index is 2.33. The highest BCUT2D eigenvalue weighted by Crippen LogP contribution is 2.38. The lowest BCUT2D eigenvalue weighted by Crippen LogP contribution is -2.29. The van der Waals surface area contributed by atoms with E-state index in [-0.39, 0.29) is 5.54 Å². The largest absolute Gasteiger partial charge is 0.286 e. The highest BCUT2D eigenvalue weighted by atomic mass is 14.9. The summed E-state index contributed by atoms with van der Waals surface area (Å²) in [5.41, 5.74) is 2.73. The number of hydrogen-bond acceptors (Lipinski definition) is 1. The van der Waals surface area contributed by atoms with Gasteiger partial charge in [0.15, 0.2) is 0 Å². The van der Waals surface area contributed by atoms with Crippen molar-refractivity contribution in [2.75, 3.05) is 0 Å². The monoisotopic (exact) mass is 223 g/mol. The molecule has 1 heterocycles. The van der Waals surface area contributed by atoms with Crippen LogP contribution in [0.2, 0.25) is 0 Å². The lowest BCUT2D eigenvalue weighted by atomic mass is 9.78. The van der Waals surface area contributed by atoms with Crippen LogP contribution in [0.1, 0.15) is 37.8 Å². The van der Waals surface area contributed by atoms with Crippen LogP contribution in [0.25, 0.3) is 10.8 Å². The van der Waals surface area contributed by atoms with Crippen LogP contribution >= 0.6 is 0 Å². The van der Waals surface area contributed by atoms with Crippen LogP contribution in [-0.2, 0) is 0 Å². The lowest BCUT2D eigenvalue weighted by Gasteiger charge is -2.33. The van der Waals surface area contributed by atoms with Crippen LogP contribution in [0.3, 0.4) is 0 Å². The number of hydrogen-bond donors (Lipinski definition) is 0. The van der Waals surface area contributed by atoms with E-state index in [0.717, 1.165) is 0 Å². The minimum atomic E-state index is 0.00938. The van der Waals surface area contributed by atoms with Crippen LogP contribution in [0, 0.1) is 0 Å². The highest BCUT2D eigenvalue weighted by Gasteiger charge is 2.30. The Morgan fingerprint density at radius 3 is 2.65 bits per heavy atom. The first-order chi connectivity index (χ1) is 8.09. The third-order valence-corrected chi connectivity index (χ3v) is 4.06. The van der Waals surface area contributed by atoms with Gasteiger partial charge in [0, 0.05) is 17.7 Å². The average Bonchev–Trinajstić information content (AvgIpc) is 2.33. The van der Waals surface area contributed by atoms with E-state index in [1.165, 1.54) is 21.9 Å². The predicted octanol–water partition coefficient (Wildman–Crippen LogP) is 4.15. The van der Waals surface area contributed by atoms with E-state index in [2.05, 4.69) is 63.4 Å². The summed E-state index contributed by atoms with van der Waals surface area (Å²) in [6.45, 7) is 6.67. The average molecular weight is 223 g/mol. The van der Waals surface area contributed by atoms with Crippen molar-refractivity contribution in [1.82, 2.24) is 0 Å². The van der Waals surface area contributed by atoms with Gasteiger partial charge >= 0.3 is 0 Å². The molecule has 0 fully saturated rings. The number of nitrogens with zero attached hydrogens (tertiary/aromatic N) is 1. The van der Waals surface area contributed by atoms with E-state index in [1.54, 1.807) is 0 Å². The highest BCUT2D eigenvalue weighted by molar-refractivity contribution is 6.02. The first-order valence-electron chi connectivity index (χ1n) is 6.16. The van der Waals surface area contributed by atoms with E-state index in [0.29, 0.717) is 5.92 Å². The van der Waals surface area contributed by atoms with Gasteiger partial charge in [-0.15, -0.1) is 0 Å². The third-order valence-electron chi connectivity index (χ3n) is 4.06. The topological polar surface area (TPSA) is 12.4 Å². The van der Waals surface area contributed by atoms with Crippen molar-refractivity contribution in [3.8, 4) is 0 Å². The molecule has 2 aromatic rings. The number of aliphatic imine (C=N–C) groups is 1. The van der Waals surface area contributed by atoms with Crippen LogP contribution < -0.4 is 0 Å². The van der Waals surface area contributed by atoms with Crippen LogP contribution in [-0.4, -0.2) is 11.8 Å². The molecule has 0 bridgehead atoms. The summed E-state index contributed by atoms with van der Waals surface area (Å²) in [5.74, 6) is 0.465. The second-order valence-corrected chi connectivity index (χ2v) is 5.42. The van der Waals surface area contributed by atoms with Gasteiger partial charge in [-0.2, -0.15) is 0 Å². The van der Waals surface area contributed by atoms with Crippen molar-refractivity contribution in [3.05, 3.63) is 47.5 Å². The molecule has 0 aromatic heterocycles. The Bertz CT molecular complexity index is 608. The minimum absolute atomic E-state index is 0.00938. The zero-order chi connectivity index (χ0) is 12.0. The van der Waals surface area contributed by atoms with Crippen molar-refractivity contribution >= 4 is 17.0 Å². The Morgan fingerprint density at radius 1 is 1.06 bits per heavy atom. The lowest BCUT2D eigenvalue weighted by molar-refractivity contribution is 0.435. The molecule has 0 spiro atoms. The van der Waals surface area contributed by atoms with Gasteiger partial charge < -0.3 is 0 Å². The van der Waals surface area contributed by atoms with Gasteiger partial charge in [0.2, 0.25) is 0 Å². The molecule has 0 aliphatic carbocycles. The van der Waals surface area contributed by atoms with Gasteiger partial charge in [0.05, 0.1) is 5.54 Å². The molecule has 1 aliphatic rings. The zero-order valence-corrected chi connectivity index (χ0v) is 10.6. The Labute approximate surface area is 102 Å². The Hall–Kier alpha value is -1.63. The molecule has 2 aromatic carbocycles. The van der Waals surface area contributed by atoms with Gasteiger partial charge in [-0.3, -0.25) is 4.99 Å². The van der Waals surface area contributed by atoms with Gasteiger partial charge in [0.1, 0.15) is 0 Å². The summed E-state index contributed by atoms with van der Waals surface area (Å²) in [4.78, 5) is 4.71. The first kappa shape index (κ1) is 10.5. The molecule has 0 saturated carbocycles. The van der Waals surface area contributed by atoms with Gasteiger partial charge in [0.25, 0.3) is 0 Å². The fourth-order valence-corrected chi connectivity index (χ4v) is 2.56. The summed E-state index contributed by atoms with van der Waals surface area (Å²) in [5, 5.41) is 2.61. The maximum absolute atomic E-state index is 4.71. The molecule has 1 aliphatic heterocycles. The van der Waals surface area contributed by atoms with Crippen LogP contribution in [0.15, 0.2) is 41.4 Å². The molecule has 1 atom stereocenters. The molecule has 0 amide bonds. The number of benzene rings is 2. The molecule has 1 unspecified atom stereocenters. The minimum Gasteiger partial charge on any atom is -0.286 e. The van der Waals surface area contributed by atoms with E-state index in [4.69, 9.17) is 4.99 Å². The van der Waals surface area contributed by atoms with Crippen molar-refractivity contribution in [2.45, 2.75) is 32.2 Å². The SMILES string of the molecule is CC1c2ccc3ccccc3c2C=NC1(C)C. The molecule has 17 heavy (non-hydrogen) atoms. The predicted molar refractivity (Wildman–Crippen MR) is 74.0 cm³/mol. The molecule has 86 valence electrons. The van der Waals surface area contributed by atoms with Crippen molar-refractivity contribution < 1.29 is 0 Å². The summed E-state index contributed by atoms with van der Waals surface area (Å²) in [6.07, 6.45) is 2.05. The number of rotatable bonds is 0. The molecule has 1 heteroatoms. The summed E-state index contributed by atoms with van der Waals surface area (Å²) in [7, 11) is 0. The third kappa shape index (κ3) is 1.49. The second-order valence-electron chi connectivity index (χ2n) is 5.42. The van der Waals surface area contributed by atoms with Crippen LogP contribution in [0.5, 0.6) is 0 Å². The van der Waals surface area contributed by atoms with E-state index in [9.17, 15) is 0 Å². The fourth-order valence-electron chi connectivity index (χ4n) is 2.56. The maximum atomic E-state index is 4.71. The normalized spacial score (nSPS) is 21.5. The standard InChI is InChI=1S/C16H17N/c1-11-13-9-8-12-6-4-5-7-14(12)15(13)10-17-16(11,2)3/h4-11H,1-3H3. The fraction of sp³-hybridized carbons (Fsp3) is 0.312. The van der Waals surface area contributed by atoms with Crippen LogP contribution in [0.4, 0.5) is 0 Å². The molecule has 0 saturated heterocycles. The molecule has 0 N–H and O–H groups in total. The smallest absolute Gasteiger partial charge is 0.0618 e. The van der Waals surface area contributed by atoms with E-state index < -0.39 is 0 Å². The molecule has 0 radical (unpaired) electrons. The summed E-state index contributed by atoms with van der Waals surface area (Å²) >= 11 is 0. The Kier molecular flexibility index (Phi) is 2.12. The second kappa shape index (κ2) is 3.43. The summed E-state index contributed by atoms with van der Waals surface area (Å²) < 4.78 is 0. The van der Waals surface area contributed by atoms with Crippen molar-refractivity contribution in [2.24, 2.45) is 4.99 Å². The molecule has 3 rings (SSSR count). The first-order valence-corrected chi connectivity index (χ1v) is 6.16.